The molecule has 0 amide bonds. The van der Waals surface area contributed by atoms with Crippen molar-refractivity contribution in [2.24, 2.45) is 7.05 Å². The molecule has 0 atom stereocenters. The molecule has 0 aliphatic heterocycles. The summed E-state index contributed by atoms with van der Waals surface area (Å²) in [6, 6.07) is 8.63. The van der Waals surface area contributed by atoms with Crippen LogP contribution < -0.4 is 0 Å². The second-order valence-electron chi connectivity index (χ2n) is 5.10. The van der Waals surface area contributed by atoms with E-state index in [0.717, 1.165) is 16.3 Å². The molecule has 0 saturated carbocycles. The van der Waals surface area contributed by atoms with Gasteiger partial charge >= 0.3 is 0 Å². The summed E-state index contributed by atoms with van der Waals surface area (Å²) < 4.78 is 15.7. The number of benzene rings is 2. The molecule has 2 heterocycles. The van der Waals surface area contributed by atoms with Crippen molar-refractivity contribution in [2.45, 2.75) is 0 Å². The number of nitrogens with zero attached hydrogens (tertiary/aromatic N) is 4. The lowest BCUT2D eigenvalue weighted by atomic mass is 10.1. The summed E-state index contributed by atoms with van der Waals surface area (Å²) in [7, 11) is 1.76. The maximum atomic E-state index is 14.2. The molecule has 0 aliphatic rings. The summed E-state index contributed by atoms with van der Waals surface area (Å²) in [5.41, 5.74) is 1.73. The van der Waals surface area contributed by atoms with Crippen molar-refractivity contribution >= 4 is 33.4 Å². The highest BCUT2D eigenvalue weighted by atomic mass is 35.5. The van der Waals surface area contributed by atoms with Crippen LogP contribution in [0.5, 0.6) is 0 Å². The molecule has 22 heavy (non-hydrogen) atoms. The fourth-order valence-corrected chi connectivity index (χ4v) is 2.67. The van der Waals surface area contributed by atoms with Crippen molar-refractivity contribution in [3.8, 4) is 11.4 Å². The van der Waals surface area contributed by atoms with Crippen LogP contribution in [0, 0.1) is 5.82 Å². The van der Waals surface area contributed by atoms with Gasteiger partial charge in [-0.3, -0.25) is 4.68 Å². The van der Waals surface area contributed by atoms with Crippen LogP contribution in [0.3, 0.4) is 0 Å². The van der Waals surface area contributed by atoms with Gasteiger partial charge in [0.05, 0.1) is 5.52 Å². The number of fused-ring (bicyclic) bond motifs is 2. The highest BCUT2D eigenvalue weighted by Gasteiger charge is 2.11. The van der Waals surface area contributed by atoms with Gasteiger partial charge in [-0.05, 0) is 30.3 Å². The molecule has 0 saturated heterocycles. The van der Waals surface area contributed by atoms with Gasteiger partial charge in [0.1, 0.15) is 5.52 Å². The van der Waals surface area contributed by atoms with Crippen LogP contribution in [0.1, 0.15) is 0 Å². The van der Waals surface area contributed by atoms with E-state index in [-0.39, 0.29) is 5.82 Å². The first-order valence-corrected chi connectivity index (χ1v) is 7.03. The van der Waals surface area contributed by atoms with Gasteiger partial charge in [0.2, 0.25) is 0 Å². The van der Waals surface area contributed by atoms with Crippen molar-refractivity contribution in [1.82, 2.24) is 19.7 Å². The quantitative estimate of drug-likeness (QED) is 0.534. The van der Waals surface area contributed by atoms with Gasteiger partial charge in [0, 0.05) is 40.8 Å². The Balaban J connectivity index is 1.92. The van der Waals surface area contributed by atoms with E-state index in [1.165, 1.54) is 6.07 Å². The molecule has 0 unspecified atom stereocenters. The van der Waals surface area contributed by atoms with Crippen LogP contribution in [0.4, 0.5) is 4.39 Å². The Morgan fingerprint density at radius 1 is 1.14 bits per heavy atom. The normalized spacial score (nSPS) is 11.4. The van der Waals surface area contributed by atoms with Gasteiger partial charge in [-0.15, -0.1) is 0 Å². The first kappa shape index (κ1) is 13.2. The fraction of sp³-hybridized carbons (Fsp3) is 0.0625. The van der Waals surface area contributed by atoms with Crippen LogP contribution in [0.2, 0.25) is 5.02 Å². The van der Waals surface area contributed by atoms with Crippen LogP contribution in [0.25, 0.3) is 33.2 Å². The highest BCUT2D eigenvalue weighted by Crippen LogP contribution is 2.26. The topological polar surface area (TPSA) is 43.6 Å². The molecular weight excluding hydrogens is 303 g/mol. The summed E-state index contributed by atoms with van der Waals surface area (Å²) in [6.45, 7) is 0. The lowest BCUT2D eigenvalue weighted by molar-refractivity contribution is 0.632. The van der Waals surface area contributed by atoms with Crippen molar-refractivity contribution in [3.63, 3.8) is 0 Å². The average Bonchev–Trinajstić information content (AvgIpc) is 2.87. The summed E-state index contributed by atoms with van der Waals surface area (Å²) in [5.74, 6) is 0.0902. The van der Waals surface area contributed by atoms with Gasteiger partial charge in [-0.1, -0.05) is 11.6 Å². The molecule has 0 spiro atoms. The Morgan fingerprint density at radius 3 is 2.86 bits per heavy atom. The summed E-state index contributed by atoms with van der Waals surface area (Å²) in [4.78, 5) is 8.79. The zero-order chi connectivity index (χ0) is 15.3. The molecule has 2 aromatic carbocycles. The predicted octanol–water partition coefficient (Wildman–Crippen LogP) is 3.98. The molecule has 0 bridgehead atoms. The SMILES string of the molecule is Cn1cc2cc(-c3ncc4cc(Cl)ccc4n3)cc(F)c2n1. The maximum absolute atomic E-state index is 14.2. The third kappa shape index (κ3) is 2.10. The molecule has 0 fully saturated rings. The Morgan fingerprint density at radius 2 is 2.00 bits per heavy atom. The highest BCUT2D eigenvalue weighted by molar-refractivity contribution is 6.31. The number of hydrogen-bond donors (Lipinski definition) is 0. The van der Waals surface area contributed by atoms with Crippen LogP contribution >= 0.6 is 11.6 Å². The van der Waals surface area contributed by atoms with Crippen molar-refractivity contribution in [2.75, 3.05) is 0 Å². The fourth-order valence-electron chi connectivity index (χ4n) is 2.48. The van der Waals surface area contributed by atoms with E-state index in [0.29, 0.717) is 21.9 Å². The van der Waals surface area contributed by atoms with E-state index in [2.05, 4.69) is 15.1 Å². The summed E-state index contributed by atoms with van der Waals surface area (Å²) >= 11 is 5.95. The Labute approximate surface area is 130 Å². The second kappa shape index (κ2) is 4.74. The summed E-state index contributed by atoms with van der Waals surface area (Å²) in [5, 5.41) is 6.29. The first-order valence-electron chi connectivity index (χ1n) is 6.66. The van der Waals surface area contributed by atoms with E-state index < -0.39 is 0 Å². The Hall–Kier alpha value is -2.53. The first-order chi connectivity index (χ1) is 10.6. The average molecular weight is 313 g/mol. The standard InChI is InChI=1S/C16H10ClFN4/c1-22-8-11-4-9(6-13(18)15(11)21-22)16-19-7-10-5-12(17)2-3-14(10)20-16/h2-8H,1H3. The summed E-state index contributed by atoms with van der Waals surface area (Å²) in [6.07, 6.45) is 3.46. The van der Waals surface area contributed by atoms with E-state index in [1.54, 1.807) is 36.3 Å². The predicted molar refractivity (Wildman–Crippen MR) is 84.2 cm³/mol. The number of halogens is 2. The van der Waals surface area contributed by atoms with Crippen molar-refractivity contribution in [3.05, 3.63) is 53.6 Å². The van der Waals surface area contributed by atoms with E-state index in [9.17, 15) is 4.39 Å². The van der Waals surface area contributed by atoms with Gasteiger partial charge in [0.25, 0.3) is 0 Å². The third-order valence-electron chi connectivity index (χ3n) is 3.48. The molecule has 4 rings (SSSR count). The monoisotopic (exact) mass is 312 g/mol. The van der Waals surface area contributed by atoms with Crippen molar-refractivity contribution in [1.29, 1.82) is 0 Å². The number of aryl methyl sites for hydroxylation is 1. The Bertz CT molecular complexity index is 1030. The number of hydrogen-bond acceptors (Lipinski definition) is 3. The van der Waals surface area contributed by atoms with Crippen LogP contribution in [-0.2, 0) is 7.05 Å². The van der Waals surface area contributed by atoms with E-state index in [1.807, 2.05) is 12.1 Å². The van der Waals surface area contributed by atoms with Crippen molar-refractivity contribution < 1.29 is 4.39 Å². The maximum Gasteiger partial charge on any atom is 0.159 e. The molecule has 0 radical (unpaired) electrons. The molecule has 0 aliphatic carbocycles. The van der Waals surface area contributed by atoms with Gasteiger partial charge in [-0.25, -0.2) is 14.4 Å². The minimum Gasteiger partial charge on any atom is -0.274 e. The van der Waals surface area contributed by atoms with Crippen LogP contribution in [-0.4, -0.2) is 19.7 Å². The number of aromatic nitrogens is 4. The second-order valence-corrected chi connectivity index (χ2v) is 5.53. The minimum absolute atomic E-state index is 0.346. The largest absolute Gasteiger partial charge is 0.274 e. The zero-order valence-corrected chi connectivity index (χ0v) is 12.3. The van der Waals surface area contributed by atoms with Crippen LogP contribution in [0.15, 0.2) is 42.7 Å². The lowest BCUT2D eigenvalue weighted by Crippen LogP contribution is -1.91. The molecule has 6 heteroatoms. The molecule has 4 nitrogen and oxygen atoms in total. The number of rotatable bonds is 1. The van der Waals surface area contributed by atoms with Gasteiger partial charge < -0.3 is 0 Å². The smallest absolute Gasteiger partial charge is 0.159 e. The van der Waals surface area contributed by atoms with Gasteiger partial charge in [0.15, 0.2) is 11.6 Å². The third-order valence-corrected chi connectivity index (χ3v) is 3.71. The Kier molecular flexibility index (Phi) is 2.84. The van der Waals surface area contributed by atoms with E-state index >= 15 is 0 Å². The molecule has 108 valence electrons. The molecular formula is C16H10ClFN4. The molecule has 0 N–H and O–H groups in total. The molecule has 2 aromatic heterocycles. The molecule has 4 aromatic rings. The lowest BCUT2D eigenvalue weighted by Gasteiger charge is -2.03. The van der Waals surface area contributed by atoms with Gasteiger partial charge in [-0.2, -0.15) is 5.10 Å². The zero-order valence-electron chi connectivity index (χ0n) is 11.6. The minimum atomic E-state index is -0.382. The van der Waals surface area contributed by atoms with E-state index in [4.69, 9.17) is 11.6 Å².